The van der Waals surface area contributed by atoms with Gasteiger partial charge in [-0.05, 0) is 61.0 Å². The fourth-order valence-corrected chi connectivity index (χ4v) is 3.68. The normalized spacial score (nSPS) is 11.8. The molecule has 2 aromatic carbocycles. The fourth-order valence-electron chi connectivity index (χ4n) is 2.43. The van der Waals surface area contributed by atoms with Crippen LogP contribution in [0.5, 0.6) is 0 Å². The Labute approximate surface area is 151 Å². The van der Waals surface area contributed by atoms with E-state index >= 15 is 0 Å². The Morgan fingerprint density at radius 3 is 2.38 bits per heavy atom. The number of thiazole rings is 1. The van der Waals surface area contributed by atoms with E-state index in [0.717, 1.165) is 20.6 Å². The summed E-state index contributed by atoms with van der Waals surface area (Å²) >= 11 is 4.78. The van der Waals surface area contributed by atoms with Crippen molar-refractivity contribution in [2.75, 3.05) is 0 Å². The molecule has 0 unspecified atom stereocenters. The van der Waals surface area contributed by atoms with Gasteiger partial charge < -0.3 is 4.57 Å². The molecule has 0 aliphatic rings. The Morgan fingerprint density at radius 1 is 1.12 bits per heavy atom. The number of carbonyl (C=O) groups is 1. The van der Waals surface area contributed by atoms with Gasteiger partial charge in [0, 0.05) is 22.0 Å². The molecule has 0 fully saturated rings. The van der Waals surface area contributed by atoms with E-state index in [0.29, 0.717) is 10.4 Å². The largest absolute Gasteiger partial charge is 0.319 e. The molecule has 0 atom stereocenters. The first-order valence-electron chi connectivity index (χ1n) is 7.22. The van der Waals surface area contributed by atoms with Crippen LogP contribution in [0.2, 0.25) is 0 Å². The molecule has 24 heavy (non-hydrogen) atoms. The third-order valence-electron chi connectivity index (χ3n) is 3.61. The molecule has 122 valence electrons. The van der Waals surface area contributed by atoms with Crippen molar-refractivity contribution in [2.45, 2.75) is 6.92 Å². The summed E-state index contributed by atoms with van der Waals surface area (Å²) in [5, 5.41) is 0. The third kappa shape index (κ3) is 3.39. The number of benzene rings is 2. The maximum absolute atomic E-state index is 13.1. The smallest absolute Gasteiger partial charge is 0.279 e. The molecule has 1 aromatic heterocycles. The molecule has 3 nitrogen and oxygen atoms in total. The van der Waals surface area contributed by atoms with Gasteiger partial charge in [-0.15, -0.1) is 11.3 Å². The molecule has 0 bridgehead atoms. The number of amides is 1. The Kier molecular flexibility index (Phi) is 4.78. The van der Waals surface area contributed by atoms with Crippen LogP contribution < -0.4 is 4.80 Å². The van der Waals surface area contributed by atoms with Crippen LogP contribution >= 0.6 is 27.3 Å². The molecule has 0 saturated carbocycles. The van der Waals surface area contributed by atoms with Crippen LogP contribution in [0.15, 0.2) is 58.0 Å². The average Bonchev–Trinajstić information content (AvgIpc) is 2.83. The van der Waals surface area contributed by atoms with Gasteiger partial charge in [0.2, 0.25) is 0 Å². The number of carbonyl (C=O) groups excluding carboxylic acids is 1. The monoisotopic (exact) mass is 404 g/mol. The predicted molar refractivity (Wildman–Crippen MR) is 97.5 cm³/mol. The number of hydrogen-bond donors (Lipinski definition) is 0. The first-order chi connectivity index (χ1) is 11.5. The van der Waals surface area contributed by atoms with E-state index < -0.39 is 0 Å². The zero-order chi connectivity index (χ0) is 17.3. The first kappa shape index (κ1) is 16.8. The maximum atomic E-state index is 13.1. The molecule has 1 heterocycles. The zero-order valence-electron chi connectivity index (χ0n) is 13.1. The van der Waals surface area contributed by atoms with Gasteiger partial charge in [0.1, 0.15) is 5.82 Å². The summed E-state index contributed by atoms with van der Waals surface area (Å²) in [5.41, 5.74) is 2.36. The quantitative estimate of drug-likeness (QED) is 0.609. The standard InChI is InChI=1S/C18H14BrFN2OS/c1-11-16(12-5-9-15(20)10-6-12)22(2)18(24-11)21-17(23)13-3-7-14(19)8-4-13/h3-10H,1-2H3. The summed E-state index contributed by atoms with van der Waals surface area (Å²) < 4.78 is 15.9. The number of hydrogen-bond acceptors (Lipinski definition) is 2. The summed E-state index contributed by atoms with van der Waals surface area (Å²) in [7, 11) is 1.86. The number of halogens is 2. The van der Waals surface area contributed by atoms with Crippen molar-refractivity contribution in [3.05, 3.63) is 74.1 Å². The van der Waals surface area contributed by atoms with Crippen LogP contribution in [0.4, 0.5) is 4.39 Å². The summed E-state index contributed by atoms with van der Waals surface area (Å²) in [6.45, 7) is 1.96. The van der Waals surface area contributed by atoms with Gasteiger partial charge in [0.25, 0.3) is 5.91 Å². The lowest BCUT2D eigenvalue weighted by atomic mass is 10.1. The van der Waals surface area contributed by atoms with Crippen molar-refractivity contribution in [3.8, 4) is 11.3 Å². The minimum atomic E-state index is -0.287. The predicted octanol–water partition coefficient (Wildman–Crippen LogP) is 4.70. The van der Waals surface area contributed by atoms with Gasteiger partial charge in [-0.3, -0.25) is 4.79 Å². The Morgan fingerprint density at radius 2 is 1.75 bits per heavy atom. The van der Waals surface area contributed by atoms with Gasteiger partial charge in [0.05, 0.1) is 5.69 Å². The van der Waals surface area contributed by atoms with E-state index in [-0.39, 0.29) is 11.7 Å². The zero-order valence-corrected chi connectivity index (χ0v) is 15.5. The van der Waals surface area contributed by atoms with E-state index in [1.807, 2.05) is 30.7 Å². The lowest BCUT2D eigenvalue weighted by molar-refractivity contribution is 0.0998. The van der Waals surface area contributed by atoms with Crippen LogP contribution in [-0.2, 0) is 7.05 Å². The van der Waals surface area contributed by atoms with Crippen molar-refractivity contribution < 1.29 is 9.18 Å². The Hall–Kier alpha value is -2.05. The Bertz CT molecular complexity index is 956. The van der Waals surface area contributed by atoms with Gasteiger partial charge in [-0.2, -0.15) is 4.99 Å². The number of aryl methyl sites for hydroxylation is 1. The van der Waals surface area contributed by atoms with Crippen molar-refractivity contribution in [2.24, 2.45) is 12.0 Å². The number of nitrogens with zero attached hydrogens (tertiary/aromatic N) is 2. The molecule has 1 amide bonds. The number of rotatable bonds is 2. The highest BCUT2D eigenvalue weighted by atomic mass is 79.9. The molecule has 0 N–H and O–H groups in total. The van der Waals surface area contributed by atoms with Gasteiger partial charge in [-0.1, -0.05) is 15.9 Å². The topological polar surface area (TPSA) is 34.4 Å². The number of aromatic nitrogens is 1. The van der Waals surface area contributed by atoms with Gasteiger partial charge in [0.15, 0.2) is 4.80 Å². The van der Waals surface area contributed by atoms with Gasteiger partial charge >= 0.3 is 0 Å². The van der Waals surface area contributed by atoms with Crippen molar-refractivity contribution in [3.63, 3.8) is 0 Å². The molecule has 3 aromatic rings. The second kappa shape index (κ2) is 6.83. The lowest BCUT2D eigenvalue weighted by Crippen LogP contribution is -2.14. The first-order valence-corrected chi connectivity index (χ1v) is 8.83. The minimum Gasteiger partial charge on any atom is -0.319 e. The van der Waals surface area contributed by atoms with Crippen molar-refractivity contribution in [1.82, 2.24) is 4.57 Å². The molecule has 0 aliphatic carbocycles. The van der Waals surface area contributed by atoms with Crippen LogP contribution in [0.3, 0.4) is 0 Å². The van der Waals surface area contributed by atoms with E-state index in [4.69, 9.17) is 0 Å². The molecular formula is C18H14BrFN2OS. The van der Waals surface area contributed by atoms with Crippen LogP contribution in [0.1, 0.15) is 15.2 Å². The van der Waals surface area contributed by atoms with Crippen molar-refractivity contribution >= 4 is 33.2 Å². The van der Waals surface area contributed by atoms with Crippen LogP contribution in [-0.4, -0.2) is 10.5 Å². The summed E-state index contributed by atoms with van der Waals surface area (Å²) in [5.74, 6) is -0.561. The molecular weight excluding hydrogens is 391 g/mol. The molecule has 0 radical (unpaired) electrons. The highest BCUT2D eigenvalue weighted by Crippen LogP contribution is 2.24. The second-order valence-electron chi connectivity index (χ2n) is 5.28. The average molecular weight is 405 g/mol. The van der Waals surface area contributed by atoms with Crippen LogP contribution in [0.25, 0.3) is 11.3 Å². The van der Waals surface area contributed by atoms with Crippen molar-refractivity contribution in [1.29, 1.82) is 0 Å². The lowest BCUT2D eigenvalue weighted by Gasteiger charge is -2.04. The van der Waals surface area contributed by atoms with Gasteiger partial charge in [-0.25, -0.2) is 4.39 Å². The fraction of sp³-hybridized carbons (Fsp3) is 0.111. The summed E-state index contributed by atoms with van der Waals surface area (Å²) in [6, 6.07) is 13.4. The Balaban J connectivity index is 2.03. The summed E-state index contributed by atoms with van der Waals surface area (Å²) in [4.78, 5) is 18.2. The molecule has 0 spiro atoms. The maximum Gasteiger partial charge on any atom is 0.279 e. The summed E-state index contributed by atoms with van der Waals surface area (Å²) in [6.07, 6.45) is 0. The third-order valence-corrected chi connectivity index (χ3v) is 5.18. The molecule has 0 aliphatic heterocycles. The SMILES string of the molecule is Cc1sc(=NC(=O)c2ccc(Br)cc2)n(C)c1-c1ccc(F)cc1. The molecule has 3 rings (SSSR count). The van der Waals surface area contributed by atoms with E-state index in [1.54, 1.807) is 24.3 Å². The molecule has 0 saturated heterocycles. The van der Waals surface area contributed by atoms with E-state index in [2.05, 4.69) is 20.9 Å². The minimum absolute atomic E-state index is 0.274. The van der Waals surface area contributed by atoms with E-state index in [1.165, 1.54) is 23.5 Å². The van der Waals surface area contributed by atoms with E-state index in [9.17, 15) is 9.18 Å². The highest BCUT2D eigenvalue weighted by molar-refractivity contribution is 9.10. The van der Waals surface area contributed by atoms with Crippen LogP contribution in [0, 0.1) is 12.7 Å². The molecule has 6 heteroatoms. The highest BCUT2D eigenvalue weighted by Gasteiger charge is 2.12. The second-order valence-corrected chi connectivity index (χ2v) is 7.38.